The van der Waals surface area contributed by atoms with E-state index < -0.39 is 11.8 Å². The first-order valence-electron chi connectivity index (χ1n) is 5.07. The first-order chi connectivity index (χ1) is 8.52. The smallest absolute Gasteiger partial charge is 0.374 e. The van der Waals surface area contributed by atoms with Gasteiger partial charge in [-0.3, -0.25) is 0 Å². The number of carbonyl (C=O) groups is 1. The number of aryl methyl sites for hydroxylation is 1. The van der Waals surface area contributed by atoms with Crippen molar-refractivity contribution in [2.45, 2.75) is 6.92 Å². The summed E-state index contributed by atoms with van der Waals surface area (Å²) < 4.78 is 23.4. The highest BCUT2D eigenvalue weighted by Gasteiger charge is 2.16. The molecule has 2 rings (SSSR count). The zero-order chi connectivity index (χ0) is 13.3. The Kier molecular flexibility index (Phi) is 3.01. The van der Waals surface area contributed by atoms with E-state index in [1.165, 1.54) is 19.2 Å². The topological polar surface area (TPSA) is 72.6 Å². The van der Waals surface area contributed by atoms with Crippen LogP contribution in [0.5, 0.6) is 5.75 Å². The van der Waals surface area contributed by atoms with Gasteiger partial charge in [0.1, 0.15) is 17.3 Å². The minimum absolute atomic E-state index is 0.114. The van der Waals surface area contributed by atoms with Gasteiger partial charge < -0.3 is 14.4 Å². The highest BCUT2D eigenvalue weighted by molar-refractivity contribution is 5.85. The molecule has 6 heteroatoms. The number of rotatable bonds is 3. The van der Waals surface area contributed by atoms with Crippen molar-refractivity contribution in [3.8, 4) is 17.0 Å². The van der Waals surface area contributed by atoms with Crippen LogP contribution in [-0.4, -0.2) is 23.3 Å². The molecule has 0 aliphatic carbocycles. The van der Waals surface area contributed by atoms with Gasteiger partial charge in [0, 0.05) is 11.6 Å². The van der Waals surface area contributed by atoms with Crippen molar-refractivity contribution in [2.24, 2.45) is 0 Å². The van der Waals surface area contributed by atoms with Crippen molar-refractivity contribution in [3.63, 3.8) is 0 Å². The summed E-state index contributed by atoms with van der Waals surface area (Å²) in [4.78, 5) is 10.7. The molecule has 1 aromatic heterocycles. The second-order valence-electron chi connectivity index (χ2n) is 3.68. The maximum absolute atomic E-state index is 13.8. The highest BCUT2D eigenvalue weighted by Crippen LogP contribution is 2.29. The van der Waals surface area contributed by atoms with Gasteiger partial charge in [-0.25, -0.2) is 9.18 Å². The monoisotopic (exact) mass is 251 g/mol. The maximum Gasteiger partial charge on any atom is 0.374 e. The molecule has 0 aliphatic heterocycles. The predicted octanol–water partition coefficient (Wildman–Crippen LogP) is 2.50. The number of hydrogen-bond acceptors (Lipinski definition) is 4. The number of aromatic carboxylic acids is 1. The van der Waals surface area contributed by atoms with Crippen molar-refractivity contribution in [1.82, 2.24) is 5.16 Å². The Morgan fingerprint density at radius 2 is 2.17 bits per heavy atom. The lowest BCUT2D eigenvalue weighted by molar-refractivity contribution is 0.0652. The Bertz CT molecular complexity index is 606. The van der Waals surface area contributed by atoms with E-state index in [-0.39, 0.29) is 17.0 Å². The molecule has 0 radical (unpaired) electrons. The van der Waals surface area contributed by atoms with Crippen LogP contribution in [0.4, 0.5) is 4.39 Å². The lowest BCUT2D eigenvalue weighted by atomic mass is 10.1. The van der Waals surface area contributed by atoms with E-state index >= 15 is 0 Å². The second kappa shape index (κ2) is 4.48. The van der Waals surface area contributed by atoms with Gasteiger partial charge in [0.25, 0.3) is 0 Å². The predicted molar refractivity (Wildman–Crippen MR) is 60.1 cm³/mol. The molecule has 0 atom stereocenters. The average molecular weight is 251 g/mol. The Morgan fingerprint density at radius 3 is 2.72 bits per heavy atom. The lowest BCUT2D eigenvalue weighted by Crippen LogP contribution is -1.93. The van der Waals surface area contributed by atoms with E-state index in [9.17, 15) is 9.18 Å². The zero-order valence-corrected chi connectivity index (χ0v) is 9.73. The molecule has 0 saturated heterocycles. The number of methoxy groups -OCH3 is 1. The van der Waals surface area contributed by atoms with E-state index in [4.69, 9.17) is 9.84 Å². The largest absolute Gasteiger partial charge is 0.496 e. The number of nitrogens with zero attached hydrogens (tertiary/aromatic N) is 1. The van der Waals surface area contributed by atoms with Crippen LogP contribution in [0.1, 0.15) is 16.1 Å². The summed E-state index contributed by atoms with van der Waals surface area (Å²) in [5, 5.41) is 12.2. The Balaban J connectivity index is 2.52. The van der Waals surface area contributed by atoms with Crippen molar-refractivity contribution < 1.29 is 23.6 Å². The molecule has 5 nitrogen and oxygen atoms in total. The maximum atomic E-state index is 13.8. The number of carboxylic acids is 1. The fourth-order valence-electron chi connectivity index (χ4n) is 1.57. The van der Waals surface area contributed by atoms with Crippen LogP contribution in [0.2, 0.25) is 0 Å². The standard InChI is InChI=1S/C12H10FNO4/c1-6-3-8(13)7(4-10(6)17-2)9-5-11(12(15)16)18-14-9/h3-5H,1-2H3,(H,15,16). The number of halogens is 1. The highest BCUT2D eigenvalue weighted by atomic mass is 19.1. The molecule has 94 valence electrons. The molecule has 0 amide bonds. The first kappa shape index (κ1) is 12.1. The summed E-state index contributed by atoms with van der Waals surface area (Å²) in [6.07, 6.45) is 0. The van der Waals surface area contributed by atoms with Crippen molar-refractivity contribution in [3.05, 3.63) is 35.3 Å². The van der Waals surface area contributed by atoms with Gasteiger partial charge in [0.15, 0.2) is 0 Å². The third-order valence-corrected chi connectivity index (χ3v) is 2.48. The van der Waals surface area contributed by atoms with E-state index in [0.717, 1.165) is 6.07 Å². The average Bonchev–Trinajstić information content (AvgIpc) is 2.78. The number of benzene rings is 1. The van der Waals surface area contributed by atoms with E-state index in [2.05, 4.69) is 9.68 Å². The minimum Gasteiger partial charge on any atom is -0.496 e. The molecule has 1 heterocycles. The molecule has 1 N–H and O–H groups in total. The van der Waals surface area contributed by atoms with Crippen LogP contribution in [0.3, 0.4) is 0 Å². The molecule has 1 aromatic carbocycles. The number of hydrogen-bond donors (Lipinski definition) is 1. The van der Waals surface area contributed by atoms with Crippen molar-refractivity contribution in [2.75, 3.05) is 7.11 Å². The fraction of sp³-hybridized carbons (Fsp3) is 0.167. The van der Waals surface area contributed by atoms with Crippen LogP contribution >= 0.6 is 0 Å². The van der Waals surface area contributed by atoms with E-state index in [1.807, 2.05) is 0 Å². The molecule has 2 aromatic rings. The molecule has 0 unspecified atom stereocenters. The Labute approximate surface area is 102 Å². The third-order valence-electron chi connectivity index (χ3n) is 2.48. The normalized spacial score (nSPS) is 10.4. The van der Waals surface area contributed by atoms with Crippen LogP contribution in [0.25, 0.3) is 11.3 Å². The summed E-state index contributed by atoms with van der Waals surface area (Å²) in [6, 6.07) is 3.91. The number of ether oxygens (including phenoxy) is 1. The molecular formula is C12H10FNO4. The lowest BCUT2D eigenvalue weighted by Gasteiger charge is -2.07. The van der Waals surface area contributed by atoms with Crippen LogP contribution in [0, 0.1) is 12.7 Å². The molecule has 0 spiro atoms. The minimum atomic E-state index is -1.26. The fourth-order valence-corrected chi connectivity index (χ4v) is 1.57. The summed E-state index contributed by atoms with van der Waals surface area (Å²) in [5.74, 6) is -1.62. The summed E-state index contributed by atoms with van der Waals surface area (Å²) >= 11 is 0. The quantitative estimate of drug-likeness (QED) is 0.907. The van der Waals surface area contributed by atoms with Gasteiger partial charge in [-0.05, 0) is 24.6 Å². The van der Waals surface area contributed by atoms with Gasteiger partial charge in [0.05, 0.1) is 7.11 Å². The third kappa shape index (κ3) is 2.04. The van der Waals surface area contributed by atoms with Crippen LogP contribution in [-0.2, 0) is 0 Å². The summed E-state index contributed by atoms with van der Waals surface area (Å²) in [5.41, 5.74) is 0.887. The van der Waals surface area contributed by atoms with Crippen molar-refractivity contribution >= 4 is 5.97 Å². The Hall–Kier alpha value is -2.37. The van der Waals surface area contributed by atoms with Crippen LogP contribution < -0.4 is 4.74 Å². The van der Waals surface area contributed by atoms with Gasteiger partial charge in [-0.1, -0.05) is 5.16 Å². The van der Waals surface area contributed by atoms with Crippen molar-refractivity contribution in [1.29, 1.82) is 0 Å². The summed E-state index contributed by atoms with van der Waals surface area (Å²) in [7, 11) is 1.47. The van der Waals surface area contributed by atoms with Crippen LogP contribution in [0.15, 0.2) is 22.7 Å². The second-order valence-corrected chi connectivity index (χ2v) is 3.68. The summed E-state index contributed by atoms with van der Waals surface area (Å²) in [6.45, 7) is 1.71. The molecule has 18 heavy (non-hydrogen) atoms. The SMILES string of the molecule is COc1cc(-c2cc(C(=O)O)on2)c(F)cc1C. The molecular weight excluding hydrogens is 241 g/mol. The number of carboxylic acid groups (broad SMARTS) is 1. The van der Waals surface area contributed by atoms with E-state index in [1.54, 1.807) is 6.92 Å². The van der Waals surface area contributed by atoms with Gasteiger partial charge >= 0.3 is 5.97 Å². The molecule has 0 bridgehead atoms. The van der Waals surface area contributed by atoms with Gasteiger partial charge in [-0.15, -0.1) is 0 Å². The Morgan fingerprint density at radius 1 is 1.44 bits per heavy atom. The number of aromatic nitrogens is 1. The van der Waals surface area contributed by atoms with Gasteiger partial charge in [0.2, 0.25) is 5.76 Å². The van der Waals surface area contributed by atoms with E-state index in [0.29, 0.717) is 11.3 Å². The zero-order valence-electron chi connectivity index (χ0n) is 9.73. The van der Waals surface area contributed by atoms with Gasteiger partial charge in [-0.2, -0.15) is 0 Å². The molecule has 0 aliphatic rings. The first-order valence-corrected chi connectivity index (χ1v) is 5.07. The molecule has 0 fully saturated rings. The molecule has 0 saturated carbocycles.